The number of carbonyl (C=O) groups excluding carboxylic acids is 2. The maximum absolute atomic E-state index is 12.3. The maximum atomic E-state index is 12.3. The van der Waals surface area contributed by atoms with Gasteiger partial charge >= 0.3 is 0 Å². The van der Waals surface area contributed by atoms with Gasteiger partial charge in [0.2, 0.25) is 11.8 Å². The van der Waals surface area contributed by atoms with Crippen molar-refractivity contribution in [2.24, 2.45) is 11.8 Å². The Morgan fingerprint density at radius 2 is 1.89 bits per heavy atom. The van der Waals surface area contributed by atoms with Crippen molar-refractivity contribution in [2.75, 3.05) is 39.3 Å². The largest absolute Gasteiger partial charge is 0.491 e. The third-order valence-electron chi connectivity index (χ3n) is 5.58. The van der Waals surface area contributed by atoms with Gasteiger partial charge in [-0.3, -0.25) is 14.5 Å². The van der Waals surface area contributed by atoms with Gasteiger partial charge in [0.25, 0.3) is 0 Å². The first-order valence-corrected chi connectivity index (χ1v) is 10.5. The average molecular weight is 388 g/mol. The van der Waals surface area contributed by atoms with Crippen LogP contribution in [0.25, 0.3) is 0 Å². The van der Waals surface area contributed by atoms with Crippen LogP contribution in [0.2, 0.25) is 0 Å². The number of piperidine rings is 1. The molecule has 2 fully saturated rings. The average Bonchev–Trinajstić information content (AvgIpc) is 3.50. The number of likely N-dealkylation sites (tertiary alicyclic amines) is 1. The molecule has 2 aliphatic rings. The number of benzene rings is 1. The van der Waals surface area contributed by atoms with Crippen molar-refractivity contribution in [1.29, 1.82) is 0 Å². The van der Waals surface area contributed by atoms with Gasteiger partial charge in [-0.25, -0.2) is 0 Å². The van der Waals surface area contributed by atoms with E-state index in [0.29, 0.717) is 32.2 Å². The van der Waals surface area contributed by atoms with Gasteiger partial charge in [-0.05, 0) is 63.1 Å². The highest BCUT2D eigenvalue weighted by Gasteiger charge is 2.28. The van der Waals surface area contributed by atoms with Crippen LogP contribution < -0.4 is 15.4 Å². The predicted octanol–water partition coefficient (Wildman–Crippen LogP) is 2.04. The summed E-state index contributed by atoms with van der Waals surface area (Å²) < 4.78 is 5.83. The molecule has 0 aromatic heterocycles. The molecule has 1 atom stereocenters. The van der Waals surface area contributed by atoms with Gasteiger partial charge in [-0.15, -0.1) is 0 Å². The summed E-state index contributed by atoms with van der Waals surface area (Å²) in [7, 11) is 0. The molecule has 28 heavy (non-hydrogen) atoms. The summed E-state index contributed by atoms with van der Waals surface area (Å²) >= 11 is 0. The third kappa shape index (κ3) is 6.23. The standard InChI is InChI=1S/C22H33N3O3/c1-16-5-3-6-17(2)21(16)28-12-10-23-20(26)15-25-11-4-7-19(14-25)22(27)24-13-18-8-9-18/h3,5-6,18-19H,4,7-15H2,1-2H3,(H,23,26)(H,24,27). The van der Waals surface area contributed by atoms with Crippen LogP contribution in [-0.2, 0) is 9.59 Å². The molecule has 3 rings (SSSR count). The van der Waals surface area contributed by atoms with Crippen LogP contribution in [0.4, 0.5) is 0 Å². The Labute approximate surface area is 168 Å². The summed E-state index contributed by atoms with van der Waals surface area (Å²) in [5.41, 5.74) is 2.20. The first-order valence-electron chi connectivity index (χ1n) is 10.5. The molecule has 1 heterocycles. The number of amides is 2. The van der Waals surface area contributed by atoms with Gasteiger partial charge in [-0.1, -0.05) is 18.2 Å². The number of rotatable bonds is 9. The number of aryl methyl sites for hydroxylation is 2. The summed E-state index contributed by atoms with van der Waals surface area (Å²) in [6.45, 7) is 7.67. The Balaban J connectivity index is 1.34. The summed E-state index contributed by atoms with van der Waals surface area (Å²) in [6, 6.07) is 6.06. The molecule has 6 nitrogen and oxygen atoms in total. The van der Waals surface area contributed by atoms with E-state index in [9.17, 15) is 9.59 Å². The number of hydrogen-bond acceptors (Lipinski definition) is 4. The summed E-state index contributed by atoms with van der Waals surface area (Å²) in [5, 5.41) is 6.00. The van der Waals surface area contributed by atoms with Crippen LogP contribution in [0, 0.1) is 25.7 Å². The molecule has 1 aromatic carbocycles. The fourth-order valence-electron chi connectivity index (χ4n) is 3.75. The van der Waals surface area contributed by atoms with Crippen molar-refractivity contribution < 1.29 is 14.3 Å². The Bertz CT molecular complexity index is 667. The number of nitrogens with one attached hydrogen (secondary N) is 2. The highest BCUT2D eigenvalue weighted by atomic mass is 16.5. The quantitative estimate of drug-likeness (QED) is 0.636. The number of nitrogens with zero attached hydrogens (tertiary/aromatic N) is 1. The zero-order chi connectivity index (χ0) is 19.9. The molecule has 1 unspecified atom stereocenters. The van der Waals surface area contributed by atoms with E-state index in [1.807, 2.05) is 32.0 Å². The molecule has 154 valence electrons. The summed E-state index contributed by atoms with van der Waals surface area (Å²) in [4.78, 5) is 26.6. The molecule has 2 amide bonds. The fraction of sp³-hybridized carbons (Fsp3) is 0.636. The topological polar surface area (TPSA) is 70.7 Å². The Hall–Kier alpha value is -2.08. The van der Waals surface area contributed by atoms with Crippen LogP contribution in [0.5, 0.6) is 5.75 Å². The van der Waals surface area contributed by atoms with E-state index in [4.69, 9.17) is 4.74 Å². The van der Waals surface area contributed by atoms with E-state index in [2.05, 4.69) is 15.5 Å². The minimum atomic E-state index is -0.0101. The summed E-state index contributed by atoms with van der Waals surface area (Å²) in [5.74, 6) is 1.74. The molecule has 6 heteroatoms. The Morgan fingerprint density at radius 3 is 2.61 bits per heavy atom. The fourth-order valence-corrected chi connectivity index (χ4v) is 3.75. The molecule has 1 aliphatic carbocycles. The van der Waals surface area contributed by atoms with Gasteiger partial charge in [0.15, 0.2) is 0 Å². The number of ether oxygens (including phenoxy) is 1. The molecule has 0 radical (unpaired) electrons. The molecule has 2 N–H and O–H groups in total. The van der Waals surface area contributed by atoms with Gasteiger partial charge in [0.1, 0.15) is 12.4 Å². The lowest BCUT2D eigenvalue weighted by Crippen LogP contribution is -2.47. The first kappa shape index (κ1) is 20.6. The molecule has 1 aliphatic heterocycles. The predicted molar refractivity (Wildman–Crippen MR) is 109 cm³/mol. The van der Waals surface area contributed by atoms with Gasteiger partial charge in [0, 0.05) is 13.1 Å². The molecular formula is C22H33N3O3. The smallest absolute Gasteiger partial charge is 0.234 e. The molecule has 0 bridgehead atoms. The Morgan fingerprint density at radius 1 is 1.14 bits per heavy atom. The number of carbonyl (C=O) groups is 2. The van der Waals surface area contributed by atoms with Crippen LogP contribution in [0.1, 0.15) is 36.8 Å². The van der Waals surface area contributed by atoms with Gasteiger partial charge in [-0.2, -0.15) is 0 Å². The maximum Gasteiger partial charge on any atom is 0.234 e. The van der Waals surface area contributed by atoms with E-state index < -0.39 is 0 Å². The van der Waals surface area contributed by atoms with Crippen molar-refractivity contribution in [3.8, 4) is 5.75 Å². The van der Waals surface area contributed by atoms with Crippen molar-refractivity contribution in [1.82, 2.24) is 15.5 Å². The second-order valence-corrected chi connectivity index (χ2v) is 8.18. The van der Waals surface area contributed by atoms with Crippen LogP contribution in [0.15, 0.2) is 18.2 Å². The van der Waals surface area contributed by atoms with E-state index in [1.54, 1.807) is 0 Å². The second-order valence-electron chi connectivity index (χ2n) is 8.18. The third-order valence-corrected chi connectivity index (χ3v) is 5.58. The number of hydrogen-bond donors (Lipinski definition) is 2. The van der Waals surface area contributed by atoms with Gasteiger partial charge in [0.05, 0.1) is 19.0 Å². The molecule has 0 spiro atoms. The highest BCUT2D eigenvalue weighted by molar-refractivity contribution is 5.80. The minimum absolute atomic E-state index is 0.00710. The van der Waals surface area contributed by atoms with Crippen molar-refractivity contribution in [3.63, 3.8) is 0 Å². The van der Waals surface area contributed by atoms with E-state index >= 15 is 0 Å². The summed E-state index contributed by atoms with van der Waals surface area (Å²) in [6.07, 6.45) is 4.36. The first-order chi connectivity index (χ1) is 13.5. The van der Waals surface area contributed by atoms with Crippen LogP contribution in [0.3, 0.4) is 0 Å². The second kappa shape index (κ2) is 9.92. The lowest BCUT2D eigenvalue weighted by molar-refractivity contribution is -0.129. The van der Waals surface area contributed by atoms with Crippen LogP contribution >= 0.6 is 0 Å². The van der Waals surface area contributed by atoms with Crippen molar-refractivity contribution in [3.05, 3.63) is 29.3 Å². The van der Waals surface area contributed by atoms with Crippen molar-refractivity contribution >= 4 is 11.8 Å². The van der Waals surface area contributed by atoms with Gasteiger partial charge < -0.3 is 15.4 Å². The van der Waals surface area contributed by atoms with E-state index in [0.717, 1.165) is 42.8 Å². The Kier molecular flexibility index (Phi) is 7.31. The normalized spacial score (nSPS) is 19.9. The zero-order valence-corrected chi connectivity index (χ0v) is 17.1. The minimum Gasteiger partial charge on any atom is -0.491 e. The lowest BCUT2D eigenvalue weighted by Gasteiger charge is -2.31. The van der Waals surface area contributed by atoms with E-state index in [-0.39, 0.29) is 17.7 Å². The molecule has 1 saturated carbocycles. The van der Waals surface area contributed by atoms with Crippen LogP contribution in [-0.4, -0.2) is 56.0 Å². The highest BCUT2D eigenvalue weighted by Crippen LogP contribution is 2.28. The molecule has 1 aromatic rings. The SMILES string of the molecule is Cc1cccc(C)c1OCCNC(=O)CN1CCCC(C(=O)NCC2CC2)C1. The number of para-hydroxylation sites is 1. The van der Waals surface area contributed by atoms with Crippen molar-refractivity contribution in [2.45, 2.75) is 39.5 Å². The molecule has 1 saturated heterocycles. The monoisotopic (exact) mass is 387 g/mol. The van der Waals surface area contributed by atoms with E-state index in [1.165, 1.54) is 12.8 Å². The zero-order valence-electron chi connectivity index (χ0n) is 17.1. The molecular weight excluding hydrogens is 354 g/mol. The lowest BCUT2D eigenvalue weighted by atomic mass is 9.97.